The van der Waals surface area contributed by atoms with E-state index in [2.05, 4.69) is 15.5 Å². The van der Waals surface area contributed by atoms with Crippen LogP contribution in [0.3, 0.4) is 0 Å². The molecule has 1 heterocycles. The van der Waals surface area contributed by atoms with Gasteiger partial charge in [-0.25, -0.2) is 0 Å². The molecule has 1 fully saturated rings. The summed E-state index contributed by atoms with van der Waals surface area (Å²) in [6.07, 6.45) is 7.19. The lowest BCUT2D eigenvalue weighted by molar-refractivity contribution is -0.119. The van der Waals surface area contributed by atoms with Crippen LogP contribution in [-0.2, 0) is 18.4 Å². The molecular formula is C20H28N4O2S. The third-order valence-corrected chi connectivity index (χ3v) is 5.95. The maximum atomic E-state index is 12.2. The number of aryl methyl sites for hydroxylation is 1. The van der Waals surface area contributed by atoms with E-state index >= 15 is 0 Å². The molecule has 1 N–H and O–H groups in total. The topological polar surface area (TPSA) is 69.0 Å². The van der Waals surface area contributed by atoms with Crippen LogP contribution in [-0.4, -0.2) is 32.5 Å². The maximum Gasteiger partial charge on any atom is 0.230 e. The summed E-state index contributed by atoms with van der Waals surface area (Å²) in [6, 6.07) is 8.23. The number of nitrogens with one attached hydrogen (secondary N) is 1. The molecule has 3 rings (SSSR count). The van der Waals surface area contributed by atoms with Crippen LogP contribution in [0.2, 0.25) is 0 Å². The van der Waals surface area contributed by atoms with Gasteiger partial charge in [-0.2, -0.15) is 0 Å². The Morgan fingerprint density at radius 2 is 1.96 bits per heavy atom. The minimum atomic E-state index is 0.0765. The summed E-state index contributed by atoms with van der Waals surface area (Å²) < 4.78 is 7.73. The summed E-state index contributed by atoms with van der Waals surface area (Å²) >= 11 is 1.42. The Morgan fingerprint density at radius 3 is 2.70 bits per heavy atom. The van der Waals surface area contributed by atoms with E-state index in [4.69, 9.17) is 4.74 Å². The Labute approximate surface area is 165 Å². The van der Waals surface area contributed by atoms with E-state index in [-0.39, 0.29) is 5.91 Å². The van der Waals surface area contributed by atoms with E-state index in [1.165, 1.54) is 37.4 Å². The molecule has 2 aromatic rings. The van der Waals surface area contributed by atoms with Crippen molar-refractivity contribution in [2.75, 3.05) is 5.75 Å². The Bertz CT molecular complexity index is 754. The first-order valence-corrected chi connectivity index (χ1v) is 10.6. The molecule has 1 aromatic carbocycles. The van der Waals surface area contributed by atoms with Crippen LogP contribution in [0, 0.1) is 6.92 Å². The first-order valence-electron chi connectivity index (χ1n) is 9.62. The lowest BCUT2D eigenvalue weighted by Gasteiger charge is -2.15. The highest BCUT2D eigenvalue weighted by molar-refractivity contribution is 7.99. The summed E-state index contributed by atoms with van der Waals surface area (Å²) in [5, 5.41) is 12.3. The molecule has 1 aromatic heterocycles. The van der Waals surface area contributed by atoms with Gasteiger partial charge in [-0.3, -0.25) is 4.79 Å². The van der Waals surface area contributed by atoms with Crippen LogP contribution in [0.4, 0.5) is 0 Å². The Morgan fingerprint density at radius 1 is 1.22 bits per heavy atom. The summed E-state index contributed by atoms with van der Waals surface area (Å²) in [5.41, 5.74) is 1.09. The average Bonchev–Trinajstić information content (AvgIpc) is 2.84. The third-order valence-electron chi connectivity index (χ3n) is 4.93. The predicted molar refractivity (Wildman–Crippen MR) is 107 cm³/mol. The van der Waals surface area contributed by atoms with Gasteiger partial charge in [0.05, 0.1) is 5.75 Å². The molecule has 7 heteroatoms. The number of carbonyl (C=O) groups excluding carboxylic acids is 1. The lowest BCUT2D eigenvalue weighted by atomic mass is 10.1. The molecule has 0 bridgehead atoms. The predicted octanol–water partition coefficient (Wildman–Crippen LogP) is 3.63. The maximum absolute atomic E-state index is 12.2. The largest absolute Gasteiger partial charge is 0.485 e. The zero-order valence-corrected chi connectivity index (χ0v) is 16.9. The number of ether oxygens (including phenoxy) is 1. The van der Waals surface area contributed by atoms with Gasteiger partial charge in [-0.1, -0.05) is 55.6 Å². The number of amides is 1. The summed E-state index contributed by atoms with van der Waals surface area (Å²) in [6.45, 7) is 2.36. The molecule has 0 unspecified atom stereocenters. The number of aromatic nitrogens is 3. The molecule has 0 radical (unpaired) electrons. The minimum Gasteiger partial charge on any atom is -0.485 e. The van der Waals surface area contributed by atoms with Crippen molar-refractivity contribution in [1.82, 2.24) is 20.1 Å². The van der Waals surface area contributed by atoms with Crippen molar-refractivity contribution < 1.29 is 9.53 Å². The highest BCUT2D eigenvalue weighted by Crippen LogP contribution is 2.20. The number of hydrogen-bond acceptors (Lipinski definition) is 5. The summed E-state index contributed by atoms with van der Waals surface area (Å²) in [4.78, 5) is 12.2. The van der Waals surface area contributed by atoms with Crippen LogP contribution in [0.5, 0.6) is 5.75 Å². The number of nitrogens with zero attached hydrogens (tertiary/aromatic N) is 3. The van der Waals surface area contributed by atoms with Crippen molar-refractivity contribution in [3.8, 4) is 5.75 Å². The second kappa shape index (κ2) is 9.78. The van der Waals surface area contributed by atoms with E-state index < -0.39 is 0 Å². The van der Waals surface area contributed by atoms with E-state index in [0.29, 0.717) is 18.4 Å². The molecule has 1 saturated carbocycles. The fourth-order valence-corrected chi connectivity index (χ4v) is 4.02. The molecule has 27 heavy (non-hydrogen) atoms. The highest BCUT2D eigenvalue weighted by Gasteiger charge is 2.16. The zero-order chi connectivity index (χ0) is 19.1. The van der Waals surface area contributed by atoms with E-state index in [1.54, 1.807) is 0 Å². The van der Waals surface area contributed by atoms with Crippen molar-refractivity contribution in [3.05, 3.63) is 35.7 Å². The minimum absolute atomic E-state index is 0.0765. The van der Waals surface area contributed by atoms with E-state index in [1.807, 2.05) is 42.8 Å². The van der Waals surface area contributed by atoms with Gasteiger partial charge >= 0.3 is 0 Å². The normalized spacial score (nSPS) is 15.3. The van der Waals surface area contributed by atoms with Crippen LogP contribution < -0.4 is 10.1 Å². The highest BCUT2D eigenvalue weighted by atomic mass is 32.2. The van der Waals surface area contributed by atoms with Crippen molar-refractivity contribution in [1.29, 1.82) is 0 Å². The number of para-hydroxylation sites is 1. The van der Waals surface area contributed by atoms with Crippen molar-refractivity contribution in [2.45, 2.75) is 63.3 Å². The van der Waals surface area contributed by atoms with E-state index in [9.17, 15) is 4.79 Å². The first-order chi connectivity index (χ1) is 13.1. The fraction of sp³-hybridized carbons (Fsp3) is 0.550. The smallest absolute Gasteiger partial charge is 0.230 e. The summed E-state index contributed by atoms with van der Waals surface area (Å²) in [7, 11) is 1.90. The molecule has 146 valence electrons. The van der Waals surface area contributed by atoms with Gasteiger partial charge in [0.1, 0.15) is 12.4 Å². The molecule has 1 aliphatic rings. The van der Waals surface area contributed by atoms with Crippen molar-refractivity contribution in [3.63, 3.8) is 0 Å². The van der Waals surface area contributed by atoms with Gasteiger partial charge in [-0.15, -0.1) is 10.2 Å². The quantitative estimate of drug-likeness (QED) is 0.579. The monoisotopic (exact) mass is 388 g/mol. The van der Waals surface area contributed by atoms with Crippen molar-refractivity contribution in [2.24, 2.45) is 7.05 Å². The second-order valence-electron chi connectivity index (χ2n) is 7.06. The van der Waals surface area contributed by atoms with Gasteiger partial charge in [0, 0.05) is 13.1 Å². The number of hydrogen-bond donors (Lipinski definition) is 1. The average molecular weight is 389 g/mol. The SMILES string of the molecule is Cc1ccccc1OCc1nnc(SCC(=O)NC2CCCCCC2)n1C. The molecular weight excluding hydrogens is 360 g/mol. The summed E-state index contributed by atoms with van der Waals surface area (Å²) in [5.74, 6) is 2.02. The van der Waals surface area contributed by atoms with Crippen LogP contribution in [0.25, 0.3) is 0 Å². The number of carbonyl (C=O) groups is 1. The third kappa shape index (κ3) is 5.73. The first kappa shape index (κ1) is 19.7. The number of rotatable bonds is 7. The second-order valence-corrected chi connectivity index (χ2v) is 8.00. The lowest BCUT2D eigenvalue weighted by Crippen LogP contribution is -2.35. The molecule has 0 saturated heterocycles. The van der Waals surface area contributed by atoms with Crippen molar-refractivity contribution >= 4 is 17.7 Å². The molecule has 0 aliphatic heterocycles. The van der Waals surface area contributed by atoms with Gasteiger partial charge in [0.15, 0.2) is 11.0 Å². The fourth-order valence-electron chi connectivity index (χ4n) is 3.28. The standard InChI is InChI=1S/C20H28N4O2S/c1-15-9-7-8-12-17(15)26-13-18-22-23-20(24(18)2)27-14-19(25)21-16-10-5-3-4-6-11-16/h7-9,12,16H,3-6,10-11,13-14H2,1-2H3,(H,21,25). The van der Waals surface area contributed by atoms with Gasteiger partial charge in [0.25, 0.3) is 0 Å². The van der Waals surface area contributed by atoms with Gasteiger partial charge < -0.3 is 14.6 Å². The van der Waals surface area contributed by atoms with Crippen LogP contribution in [0.1, 0.15) is 49.9 Å². The van der Waals surface area contributed by atoms with E-state index in [0.717, 1.165) is 35.1 Å². The van der Waals surface area contributed by atoms with Gasteiger partial charge in [-0.05, 0) is 31.4 Å². The Balaban J connectivity index is 1.48. The molecule has 6 nitrogen and oxygen atoms in total. The zero-order valence-electron chi connectivity index (χ0n) is 16.1. The molecule has 0 spiro atoms. The number of thioether (sulfide) groups is 1. The van der Waals surface area contributed by atoms with Crippen LogP contribution in [0.15, 0.2) is 29.4 Å². The Kier molecular flexibility index (Phi) is 7.15. The molecule has 1 aliphatic carbocycles. The molecule has 0 atom stereocenters. The number of benzene rings is 1. The Hall–Kier alpha value is -2.02. The van der Waals surface area contributed by atoms with Crippen LogP contribution >= 0.6 is 11.8 Å². The van der Waals surface area contributed by atoms with Gasteiger partial charge in [0.2, 0.25) is 5.91 Å². The molecule has 1 amide bonds.